The molecule has 0 spiro atoms. The average molecular weight is 733 g/mol. The van der Waals surface area contributed by atoms with Crippen molar-refractivity contribution in [3.05, 3.63) is 172 Å². The van der Waals surface area contributed by atoms with Crippen LogP contribution in [-0.2, 0) is 0 Å². The van der Waals surface area contributed by atoms with Gasteiger partial charge in [-0.1, -0.05) is 66.7 Å². The van der Waals surface area contributed by atoms with Crippen molar-refractivity contribution in [2.75, 3.05) is 0 Å². The molecule has 1 aromatic heterocycles. The number of aromatic nitrogens is 1. The number of phenols is 1. The summed E-state index contributed by atoms with van der Waals surface area (Å²) in [4.78, 5) is 12.9. The Bertz CT molecular complexity index is 2450. The van der Waals surface area contributed by atoms with Crippen LogP contribution < -0.4 is 0 Å². The van der Waals surface area contributed by atoms with Gasteiger partial charge in [0.05, 0.1) is 43.1 Å². The second-order valence-corrected chi connectivity index (χ2v) is 15.7. The Morgan fingerprint density at radius 3 is 1.42 bits per heavy atom. The van der Waals surface area contributed by atoms with E-state index < -0.39 is 0 Å². The summed E-state index contributed by atoms with van der Waals surface area (Å²) in [7, 11) is 0.187. The largest absolute Gasteiger partial charge is 0.508 e. The van der Waals surface area contributed by atoms with Crippen LogP contribution in [-0.4, -0.2) is 25.5 Å². The fraction of sp³-hybridized carbons (Fsp3) is 0.136. The number of aromatic hydroxyl groups is 1. The van der Waals surface area contributed by atoms with Crippen molar-refractivity contribution < 1.29 is 5.11 Å². The zero-order valence-corrected chi connectivity index (χ0v) is 31.7. The maximum atomic E-state index is 10.3. The number of nitrogens with zero attached hydrogens (tertiary/aromatic N) is 4. The molecule has 256 valence electrons. The van der Waals surface area contributed by atoms with E-state index in [2.05, 4.69) is 139 Å². The first-order valence-corrected chi connectivity index (χ1v) is 19.4. The molecule has 0 amide bonds. The lowest BCUT2D eigenvalue weighted by Gasteiger charge is -2.33. The summed E-state index contributed by atoms with van der Waals surface area (Å²) in [5, 5.41) is 10.3. The Kier molecular flexibility index (Phi) is 8.46. The Morgan fingerprint density at radius 1 is 0.519 bits per heavy atom. The number of aliphatic imine (C=N–C) groups is 2. The number of benzene rings is 4. The minimum absolute atomic E-state index is 0.187. The Hall–Kier alpha value is -4.81. The van der Waals surface area contributed by atoms with E-state index in [0.29, 0.717) is 0 Å². The third kappa shape index (κ3) is 5.72. The second kappa shape index (κ2) is 13.3. The summed E-state index contributed by atoms with van der Waals surface area (Å²) in [6, 6.07) is 39.8. The van der Waals surface area contributed by atoms with Crippen molar-refractivity contribution in [2.45, 2.75) is 49.3 Å². The van der Waals surface area contributed by atoms with Crippen molar-refractivity contribution in [2.24, 2.45) is 9.98 Å². The van der Waals surface area contributed by atoms with Gasteiger partial charge in [0.25, 0.3) is 0 Å². The highest BCUT2D eigenvalue weighted by Crippen LogP contribution is 2.49. The summed E-state index contributed by atoms with van der Waals surface area (Å²) in [6.45, 7) is 4.52. The zero-order chi connectivity index (χ0) is 35.5. The molecule has 9 rings (SSSR count). The van der Waals surface area contributed by atoms with Gasteiger partial charge in [0.15, 0.2) is 0 Å². The molecule has 1 atom stereocenters. The third-order valence-electron chi connectivity index (χ3n) is 10.4. The highest BCUT2D eigenvalue weighted by molar-refractivity contribution is 7.80. The lowest BCUT2D eigenvalue weighted by molar-refractivity contribution is 0.475. The molecule has 1 unspecified atom stereocenters. The molecule has 0 aliphatic carbocycles. The van der Waals surface area contributed by atoms with E-state index in [1.807, 2.05) is 12.1 Å². The molecule has 0 radical (unpaired) electrons. The lowest BCUT2D eigenvalue weighted by atomic mass is 9.95. The molecule has 0 fully saturated rings. The molecule has 0 saturated heterocycles. The molecule has 8 heteroatoms. The maximum absolute atomic E-state index is 10.3. The predicted molar refractivity (Wildman–Crippen MR) is 222 cm³/mol. The highest BCUT2D eigenvalue weighted by Gasteiger charge is 2.33. The van der Waals surface area contributed by atoms with E-state index in [-0.39, 0.29) is 14.6 Å². The normalized spacial score (nSPS) is 17.7. The van der Waals surface area contributed by atoms with Crippen molar-refractivity contribution in [1.29, 1.82) is 0 Å². The fourth-order valence-electron chi connectivity index (χ4n) is 7.99. The van der Waals surface area contributed by atoms with Gasteiger partial charge in [-0.2, -0.15) is 0 Å². The standard InChI is InChI=1S/C44H37N4OPS2/c1-26-41(28-6-4-3-5-7-28)35-20-22-37(45-35)43(30-8-14-32(49)15-9-30)39-24-25-40-44(31-12-18-34(52)19-13-31)38-23-21-36(46-38)42(27(2)47(26)50-48(39)40)29-10-16-33(51)17-11-29/h3-19,24-25,49-52H,20-23H2,1-2H3. The SMILES string of the molecule is CC1=C(c2ccccc2)C2=NC(=C(c3ccc(O)cc3)c3ccc4n3PN1C(C)=C(c1ccc(S)cc1)C1=NC(=C4c3ccc(S)cc3)CC1)CC2. The minimum atomic E-state index is 0.187. The molecule has 52 heavy (non-hydrogen) atoms. The zero-order valence-electron chi connectivity index (χ0n) is 28.9. The first-order chi connectivity index (χ1) is 25.3. The summed E-state index contributed by atoms with van der Waals surface area (Å²) in [6.07, 6.45) is 3.33. The first-order valence-electron chi connectivity index (χ1n) is 17.6. The number of allylic oxidation sites excluding steroid dienone is 6. The van der Waals surface area contributed by atoms with E-state index in [1.54, 1.807) is 12.1 Å². The van der Waals surface area contributed by atoms with Gasteiger partial charge in [0.1, 0.15) is 5.75 Å². The Morgan fingerprint density at radius 2 is 0.942 bits per heavy atom. The highest BCUT2D eigenvalue weighted by atomic mass is 32.1. The van der Waals surface area contributed by atoms with Crippen LogP contribution in [0.2, 0.25) is 0 Å². The number of thiol groups is 2. The molecule has 4 aliphatic rings. The fourth-order valence-corrected chi connectivity index (χ4v) is 9.60. The number of hydrogen-bond donors (Lipinski definition) is 3. The summed E-state index contributed by atoms with van der Waals surface area (Å²) in [5.74, 6) is 0.245. The van der Waals surface area contributed by atoms with Gasteiger partial charge in [0, 0.05) is 43.5 Å². The Balaban J connectivity index is 1.42. The smallest absolute Gasteiger partial charge is 0.115 e. The molecule has 5 aromatic rings. The molecule has 0 saturated carbocycles. The van der Waals surface area contributed by atoms with E-state index in [9.17, 15) is 5.11 Å². The van der Waals surface area contributed by atoms with E-state index in [0.717, 1.165) is 120 Å². The molecule has 1 N–H and O–H groups in total. The van der Waals surface area contributed by atoms with Gasteiger partial charge in [-0.15, -0.1) is 25.3 Å². The van der Waals surface area contributed by atoms with Crippen LogP contribution in [0.5, 0.6) is 5.75 Å². The average Bonchev–Trinajstić information content (AvgIpc) is 3.92. The van der Waals surface area contributed by atoms with Crippen molar-refractivity contribution >= 4 is 67.9 Å². The molecule has 6 bridgehead atoms. The van der Waals surface area contributed by atoms with Crippen LogP contribution in [0, 0.1) is 0 Å². The van der Waals surface area contributed by atoms with Crippen LogP contribution in [0.25, 0.3) is 22.3 Å². The van der Waals surface area contributed by atoms with Crippen LogP contribution >= 0.6 is 34.1 Å². The van der Waals surface area contributed by atoms with Gasteiger partial charge in [-0.05, 0) is 110 Å². The number of hydrogen-bond acceptors (Lipinski definition) is 6. The first kappa shape index (κ1) is 33.1. The van der Waals surface area contributed by atoms with Gasteiger partial charge < -0.3 is 14.1 Å². The van der Waals surface area contributed by atoms with Gasteiger partial charge in [-0.3, -0.25) is 9.98 Å². The molecule has 5 heterocycles. The molecule has 4 aromatic carbocycles. The summed E-state index contributed by atoms with van der Waals surface area (Å²) >= 11 is 9.28. The topological polar surface area (TPSA) is 53.1 Å². The van der Waals surface area contributed by atoms with Crippen LogP contribution in [0.3, 0.4) is 0 Å². The predicted octanol–water partition coefficient (Wildman–Crippen LogP) is 11.3. The van der Waals surface area contributed by atoms with Gasteiger partial charge >= 0.3 is 0 Å². The monoisotopic (exact) mass is 732 g/mol. The van der Waals surface area contributed by atoms with E-state index in [1.165, 1.54) is 5.57 Å². The lowest BCUT2D eigenvalue weighted by Crippen LogP contribution is -2.20. The minimum Gasteiger partial charge on any atom is -0.508 e. The second-order valence-electron chi connectivity index (χ2n) is 13.6. The molecule has 4 aliphatic heterocycles. The van der Waals surface area contributed by atoms with E-state index >= 15 is 0 Å². The number of fused-ring (bicyclic) bond motifs is 3. The van der Waals surface area contributed by atoms with Crippen LogP contribution in [0.4, 0.5) is 0 Å². The number of phenolic OH excluding ortho intramolecular Hbond substituents is 1. The summed E-state index contributed by atoms with van der Waals surface area (Å²) in [5.41, 5.74) is 17.9. The van der Waals surface area contributed by atoms with Gasteiger partial charge in [-0.25, -0.2) is 0 Å². The molecular formula is C44H37N4OPS2. The van der Waals surface area contributed by atoms with Crippen molar-refractivity contribution in [3.8, 4) is 5.75 Å². The van der Waals surface area contributed by atoms with Crippen LogP contribution in [0.15, 0.2) is 158 Å². The molecular weight excluding hydrogens is 696 g/mol. The van der Waals surface area contributed by atoms with Gasteiger partial charge in [0.2, 0.25) is 0 Å². The number of rotatable bonds is 4. The quantitative estimate of drug-likeness (QED) is 0.127. The molecule has 5 nitrogen and oxygen atoms in total. The summed E-state index contributed by atoms with van der Waals surface area (Å²) < 4.78 is 5.01. The maximum Gasteiger partial charge on any atom is 0.115 e. The third-order valence-corrected chi connectivity index (χ3v) is 12.6. The van der Waals surface area contributed by atoms with Crippen molar-refractivity contribution in [1.82, 2.24) is 9.01 Å². The Labute approximate surface area is 317 Å². The van der Waals surface area contributed by atoms with Crippen molar-refractivity contribution in [3.63, 3.8) is 0 Å². The van der Waals surface area contributed by atoms with E-state index in [4.69, 9.17) is 9.98 Å². The van der Waals surface area contributed by atoms with Crippen LogP contribution in [0.1, 0.15) is 73.2 Å².